The fourth-order valence-electron chi connectivity index (χ4n) is 6.91. The number of hydrogen-bond donors (Lipinski definition) is 0. The Morgan fingerprint density at radius 2 is 1.12 bits per heavy atom. The first-order valence-electron chi connectivity index (χ1n) is 20.7. The number of hydrogen-bond acceptors (Lipinski definition) is 0. The van der Waals surface area contributed by atoms with Crippen molar-refractivity contribution in [3.63, 3.8) is 0 Å². The van der Waals surface area contributed by atoms with E-state index >= 15 is 0 Å². The molecule has 0 spiro atoms. The van der Waals surface area contributed by atoms with Crippen molar-refractivity contribution in [3.05, 3.63) is 100 Å². The molecule has 2 aromatic carbocycles. The summed E-state index contributed by atoms with van der Waals surface area (Å²) in [6, 6.07) is 17.7. The summed E-state index contributed by atoms with van der Waals surface area (Å²) in [5.41, 5.74) is 16.3. The molecule has 0 aliphatic rings. The van der Waals surface area contributed by atoms with Crippen LogP contribution in [0.3, 0.4) is 0 Å². The summed E-state index contributed by atoms with van der Waals surface area (Å²) in [6.07, 6.45) is 42.2. The molecule has 0 amide bonds. The van der Waals surface area contributed by atoms with E-state index in [1.165, 1.54) is 169 Å². The highest BCUT2D eigenvalue weighted by Crippen LogP contribution is 2.29. The van der Waals surface area contributed by atoms with Crippen LogP contribution in [0.5, 0.6) is 0 Å². The van der Waals surface area contributed by atoms with Crippen molar-refractivity contribution in [1.82, 2.24) is 0 Å². The average molecular weight is 665 g/mol. The first kappa shape index (κ1) is 42.2. The highest BCUT2D eigenvalue weighted by Gasteiger charge is 2.11. The third-order valence-corrected chi connectivity index (χ3v) is 9.91. The molecule has 49 heavy (non-hydrogen) atoms. The molecule has 2 heteroatoms. The summed E-state index contributed by atoms with van der Waals surface area (Å²) in [4.78, 5) is 3.16. The molecule has 0 N–H and O–H groups in total. The van der Waals surface area contributed by atoms with Crippen LogP contribution in [-0.2, 0) is 12.8 Å². The summed E-state index contributed by atoms with van der Waals surface area (Å²) < 4.78 is 0. The van der Waals surface area contributed by atoms with Crippen LogP contribution in [0, 0.1) is 0 Å². The van der Waals surface area contributed by atoms with E-state index in [-0.39, 0.29) is 0 Å². The van der Waals surface area contributed by atoms with E-state index in [0.717, 1.165) is 31.3 Å². The van der Waals surface area contributed by atoms with Crippen LogP contribution in [0.15, 0.2) is 72.3 Å². The van der Waals surface area contributed by atoms with E-state index in [1.807, 2.05) is 6.92 Å². The largest absolute Gasteiger partial charge is 0.348 e. The number of benzene rings is 2. The highest BCUT2D eigenvalue weighted by molar-refractivity contribution is 5.84. The molecular formula is C47H72N2. The van der Waals surface area contributed by atoms with Gasteiger partial charge in [0.15, 0.2) is 0 Å². The number of aryl methyl sites for hydroxylation is 2. The summed E-state index contributed by atoms with van der Waals surface area (Å²) in [5, 5.41) is 0. The number of nitrogens with zero attached hydrogens (tertiary/aromatic N) is 2. The maximum atomic E-state index is 9.09. The summed E-state index contributed by atoms with van der Waals surface area (Å²) in [6.45, 7) is 6.48. The lowest BCUT2D eigenvalue weighted by Crippen LogP contribution is -1.98. The van der Waals surface area contributed by atoms with Crippen molar-refractivity contribution in [2.75, 3.05) is 0 Å². The van der Waals surface area contributed by atoms with Gasteiger partial charge in [0.1, 0.15) is 0 Å². The van der Waals surface area contributed by atoms with Gasteiger partial charge in [0, 0.05) is 0 Å². The number of rotatable bonds is 30. The molecule has 0 fully saturated rings. The quantitative estimate of drug-likeness (QED) is 0.0199. The lowest BCUT2D eigenvalue weighted by molar-refractivity contribution is 0.00759. The Balaban J connectivity index is 1.60. The molecule has 0 unspecified atom stereocenters. The second-order valence-corrected chi connectivity index (χ2v) is 14.4. The standard InChI is InChI=1S/C47H72N2/c1-4-6-8-9-10-11-12-13-14-15-16-17-18-19-20-21-22-23-24-25-26-27-28-29-35-44-36-30-31-38-46(44)47(39-42(3)41-49-48)45-37-32-34-43(40-45)33-7-5-2/h26-27,30-32,34,36-40H,4-25,28-29,33,35H2,1-3H3. The van der Waals surface area contributed by atoms with Crippen LogP contribution >= 0.6 is 0 Å². The average Bonchev–Trinajstić information content (AvgIpc) is 3.12. The van der Waals surface area contributed by atoms with Crippen molar-refractivity contribution in [2.45, 2.75) is 188 Å². The molecule has 0 aromatic heterocycles. The van der Waals surface area contributed by atoms with Crippen molar-refractivity contribution in [3.8, 4) is 0 Å². The zero-order valence-corrected chi connectivity index (χ0v) is 32.1. The highest BCUT2D eigenvalue weighted by atomic mass is 14.8. The molecule has 0 atom stereocenters. The molecular weight excluding hydrogens is 593 g/mol. The first-order chi connectivity index (χ1) is 24.2. The predicted octanol–water partition coefficient (Wildman–Crippen LogP) is 15.0. The van der Waals surface area contributed by atoms with E-state index in [0.29, 0.717) is 0 Å². The van der Waals surface area contributed by atoms with Crippen LogP contribution in [0.2, 0.25) is 0 Å². The Morgan fingerprint density at radius 3 is 1.69 bits per heavy atom. The number of allylic oxidation sites excluding steroid dienone is 4. The third kappa shape index (κ3) is 21.0. The zero-order valence-electron chi connectivity index (χ0n) is 32.1. The summed E-state index contributed by atoms with van der Waals surface area (Å²) in [7, 11) is 0. The minimum Gasteiger partial charge on any atom is -0.348 e. The maximum absolute atomic E-state index is 9.09. The molecule has 0 saturated carbocycles. The van der Waals surface area contributed by atoms with Gasteiger partial charge >= 0.3 is 5.87 Å². The van der Waals surface area contributed by atoms with Crippen molar-refractivity contribution < 1.29 is 4.79 Å². The topological polar surface area (TPSA) is 36.4 Å². The first-order valence-corrected chi connectivity index (χ1v) is 20.7. The van der Waals surface area contributed by atoms with Crippen LogP contribution in [0.4, 0.5) is 0 Å². The SMILES string of the molecule is CCCCCCCCCCCCCCCCCCCCCC=CCCCc1ccccc1C(=CC(C)=C=[N+]=[N-])c1cccc(CCCC)c1. The van der Waals surface area contributed by atoms with Crippen LogP contribution in [0.1, 0.15) is 197 Å². The Labute approximate surface area is 303 Å². The molecule has 2 nitrogen and oxygen atoms in total. The van der Waals surface area contributed by atoms with Gasteiger partial charge in [-0.15, -0.1) is 4.79 Å². The van der Waals surface area contributed by atoms with Crippen molar-refractivity contribution >= 4 is 11.4 Å². The van der Waals surface area contributed by atoms with Gasteiger partial charge in [-0.2, -0.15) is 0 Å². The van der Waals surface area contributed by atoms with E-state index in [9.17, 15) is 0 Å². The fourth-order valence-corrected chi connectivity index (χ4v) is 6.91. The normalized spacial score (nSPS) is 11.6. The maximum Gasteiger partial charge on any atom is 0.302 e. The molecule has 0 heterocycles. The smallest absolute Gasteiger partial charge is 0.302 e. The van der Waals surface area contributed by atoms with Crippen LogP contribution < -0.4 is 0 Å². The Morgan fingerprint density at radius 1 is 0.592 bits per heavy atom. The zero-order chi connectivity index (χ0) is 35.0. The summed E-state index contributed by atoms with van der Waals surface area (Å²) >= 11 is 0. The Hall–Kier alpha value is -2.92. The minimum absolute atomic E-state index is 0.809. The lowest BCUT2D eigenvalue weighted by atomic mass is 9.89. The van der Waals surface area contributed by atoms with Gasteiger partial charge in [-0.25, -0.2) is 0 Å². The molecule has 0 radical (unpaired) electrons. The second-order valence-electron chi connectivity index (χ2n) is 14.4. The van der Waals surface area contributed by atoms with Gasteiger partial charge in [-0.05, 0) is 85.8 Å². The van der Waals surface area contributed by atoms with Crippen molar-refractivity contribution in [1.29, 1.82) is 0 Å². The molecule has 0 aliphatic heterocycles. The van der Waals surface area contributed by atoms with Gasteiger partial charge < -0.3 is 5.53 Å². The van der Waals surface area contributed by atoms with Gasteiger partial charge in [-0.1, -0.05) is 197 Å². The monoisotopic (exact) mass is 665 g/mol. The van der Waals surface area contributed by atoms with E-state index in [2.05, 4.69) is 91.3 Å². The molecule has 0 aliphatic carbocycles. The third-order valence-electron chi connectivity index (χ3n) is 9.91. The van der Waals surface area contributed by atoms with Gasteiger partial charge in [0.05, 0.1) is 5.57 Å². The lowest BCUT2D eigenvalue weighted by Gasteiger charge is -2.15. The second kappa shape index (κ2) is 29.9. The van der Waals surface area contributed by atoms with Gasteiger partial charge in [-0.3, -0.25) is 0 Å². The Kier molecular flexibility index (Phi) is 25.8. The van der Waals surface area contributed by atoms with Crippen LogP contribution in [0.25, 0.3) is 11.1 Å². The van der Waals surface area contributed by atoms with E-state index < -0.39 is 0 Å². The molecule has 0 saturated heterocycles. The molecule has 2 aromatic rings. The molecule has 2 rings (SSSR count). The van der Waals surface area contributed by atoms with Gasteiger partial charge in [0.2, 0.25) is 0 Å². The molecule has 270 valence electrons. The fraction of sp³-hybridized carbons (Fsp3) is 0.617. The van der Waals surface area contributed by atoms with E-state index in [4.69, 9.17) is 5.53 Å². The van der Waals surface area contributed by atoms with Crippen molar-refractivity contribution in [2.24, 2.45) is 0 Å². The van der Waals surface area contributed by atoms with E-state index in [1.54, 1.807) is 0 Å². The number of unbranched alkanes of at least 4 members (excludes halogenated alkanes) is 21. The Bertz CT molecular complexity index is 1250. The minimum atomic E-state index is 0.809. The van der Waals surface area contributed by atoms with Crippen LogP contribution in [-0.4, -0.2) is 10.7 Å². The summed E-state index contributed by atoms with van der Waals surface area (Å²) in [5.74, 6) is 2.71. The van der Waals surface area contributed by atoms with Gasteiger partial charge in [0.25, 0.3) is 0 Å². The molecule has 0 bridgehead atoms. The predicted molar refractivity (Wildman–Crippen MR) is 216 cm³/mol.